The highest BCUT2D eigenvalue weighted by molar-refractivity contribution is 6.31. The van der Waals surface area contributed by atoms with Crippen molar-refractivity contribution in [3.8, 4) is 0 Å². The van der Waals surface area contributed by atoms with E-state index >= 15 is 0 Å². The summed E-state index contributed by atoms with van der Waals surface area (Å²) in [6, 6.07) is 6.58. The Morgan fingerprint density at radius 1 is 1.28 bits per heavy atom. The molecule has 1 saturated heterocycles. The number of nitrogens with one attached hydrogen (secondary N) is 1. The topological polar surface area (TPSA) is 58.6 Å². The maximum absolute atomic E-state index is 13.4. The predicted octanol–water partition coefficient (Wildman–Crippen LogP) is 3.26. The van der Waals surface area contributed by atoms with Gasteiger partial charge in [0.05, 0.1) is 0 Å². The number of benzene rings is 1. The number of hydrogen-bond donors (Lipinski definition) is 2. The molecule has 2 N–H and O–H groups in total. The second kappa shape index (κ2) is 7.17. The van der Waals surface area contributed by atoms with Crippen LogP contribution in [0.15, 0.2) is 24.3 Å². The Balaban J connectivity index is 1.88. The van der Waals surface area contributed by atoms with Crippen LogP contribution in [-0.2, 0) is 15.1 Å². The number of carbonyl (C=O) groups excluding carboxylic acids is 1. The first-order valence-electron chi connectivity index (χ1n) is 8.60. The molecule has 1 aliphatic heterocycles. The van der Waals surface area contributed by atoms with E-state index in [0.29, 0.717) is 25.9 Å². The predicted molar refractivity (Wildman–Crippen MR) is 89.6 cm³/mol. The van der Waals surface area contributed by atoms with Crippen molar-refractivity contribution < 1.29 is 23.4 Å². The van der Waals surface area contributed by atoms with Gasteiger partial charge in [-0.15, -0.1) is 0 Å². The van der Waals surface area contributed by atoms with Crippen LogP contribution in [0.5, 0.6) is 0 Å². The van der Waals surface area contributed by atoms with Gasteiger partial charge in [-0.1, -0.05) is 29.8 Å². The number of halogens is 3. The Labute approximate surface area is 150 Å². The van der Waals surface area contributed by atoms with Crippen molar-refractivity contribution in [1.29, 1.82) is 0 Å². The zero-order valence-electron chi connectivity index (χ0n) is 13.8. The molecule has 1 aromatic carbocycles. The van der Waals surface area contributed by atoms with Crippen LogP contribution in [0.2, 0.25) is 5.02 Å². The quantitative estimate of drug-likeness (QED) is 0.795. The molecule has 0 aromatic heterocycles. The lowest BCUT2D eigenvalue weighted by molar-refractivity contribution is -0.181. The van der Waals surface area contributed by atoms with E-state index in [2.05, 4.69) is 5.32 Å². The lowest BCUT2D eigenvalue weighted by atomic mass is 9.76. The molecule has 0 unspecified atom stereocenters. The summed E-state index contributed by atoms with van der Waals surface area (Å²) in [6.45, 7) is 1.32. The average Bonchev–Trinajstić information content (AvgIpc) is 2.94. The van der Waals surface area contributed by atoms with Gasteiger partial charge in [0.25, 0.3) is 5.92 Å². The molecule has 0 amide bonds. The maximum Gasteiger partial charge on any atom is 0.343 e. The highest BCUT2D eigenvalue weighted by Crippen LogP contribution is 2.42. The van der Waals surface area contributed by atoms with Crippen LogP contribution in [0, 0.1) is 5.92 Å². The highest BCUT2D eigenvalue weighted by atomic mass is 35.5. The van der Waals surface area contributed by atoms with Gasteiger partial charge in [-0.25, -0.2) is 13.6 Å². The Kier molecular flexibility index (Phi) is 5.32. The van der Waals surface area contributed by atoms with Crippen LogP contribution in [0.4, 0.5) is 8.78 Å². The minimum Gasteiger partial charge on any atom is -0.460 e. The van der Waals surface area contributed by atoms with Crippen molar-refractivity contribution in [1.82, 2.24) is 5.32 Å². The highest BCUT2D eigenvalue weighted by Gasteiger charge is 2.50. The molecular formula is C18H22ClF2NO3. The minimum atomic E-state index is -2.82. The molecule has 138 valence electrons. The van der Waals surface area contributed by atoms with E-state index < -0.39 is 30.0 Å². The molecule has 7 heteroatoms. The van der Waals surface area contributed by atoms with Crippen LogP contribution >= 0.6 is 11.6 Å². The number of carbonyl (C=O) groups is 1. The summed E-state index contributed by atoms with van der Waals surface area (Å²) >= 11 is 6.23. The van der Waals surface area contributed by atoms with E-state index in [1.165, 1.54) is 0 Å². The minimum absolute atomic E-state index is 0.101. The summed E-state index contributed by atoms with van der Waals surface area (Å²) in [4.78, 5) is 12.9. The summed E-state index contributed by atoms with van der Waals surface area (Å²) in [7, 11) is 0. The molecule has 4 nitrogen and oxygen atoms in total. The Bertz CT molecular complexity index is 637. The lowest BCUT2D eigenvalue weighted by Gasteiger charge is -2.38. The van der Waals surface area contributed by atoms with E-state index in [9.17, 15) is 18.7 Å². The zero-order chi connectivity index (χ0) is 18.1. The van der Waals surface area contributed by atoms with Crippen molar-refractivity contribution >= 4 is 17.6 Å². The van der Waals surface area contributed by atoms with E-state index in [0.717, 1.165) is 0 Å². The third kappa shape index (κ3) is 3.81. The summed E-state index contributed by atoms with van der Waals surface area (Å²) < 4.78 is 32.1. The summed E-state index contributed by atoms with van der Waals surface area (Å²) in [5.74, 6) is -4.08. The monoisotopic (exact) mass is 373 g/mol. The van der Waals surface area contributed by atoms with Crippen molar-refractivity contribution in [3.63, 3.8) is 0 Å². The largest absolute Gasteiger partial charge is 0.460 e. The van der Waals surface area contributed by atoms with Crippen molar-refractivity contribution in [2.45, 2.75) is 49.7 Å². The SMILES string of the molecule is O=C(O[C@@H]1CCC(F)(F)C1)[C@](O)(c1ccccc1Cl)C1CCNCC1. The van der Waals surface area contributed by atoms with Gasteiger partial charge in [0, 0.05) is 29.3 Å². The molecule has 3 rings (SSSR count). The molecular weight excluding hydrogens is 352 g/mol. The fraction of sp³-hybridized carbons (Fsp3) is 0.611. The van der Waals surface area contributed by atoms with Crippen LogP contribution < -0.4 is 5.32 Å². The molecule has 1 aliphatic carbocycles. The number of hydrogen-bond acceptors (Lipinski definition) is 4. The van der Waals surface area contributed by atoms with Gasteiger partial charge in [-0.05, 0) is 38.4 Å². The molecule has 1 saturated carbocycles. The van der Waals surface area contributed by atoms with E-state index in [1.54, 1.807) is 24.3 Å². The number of esters is 1. The molecule has 0 bridgehead atoms. The number of aliphatic hydroxyl groups is 1. The first-order valence-corrected chi connectivity index (χ1v) is 8.98. The second-order valence-corrected chi connectivity index (χ2v) is 7.30. The van der Waals surface area contributed by atoms with Gasteiger partial charge in [-0.2, -0.15) is 0 Å². The molecule has 1 heterocycles. The third-order valence-electron chi connectivity index (χ3n) is 5.16. The van der Waals surface area contributed by atoms with Gasteiger partial charge in [0.1, 0.15) is 6.10 Å². The van der Waals surface area contributed by atoms with Gasteiger partial charge in [0.15, 0.2) is 5.60 Å². The number of piperidine rings is 1. The first kappa shape index (κ1) is 18.5. The lowest BCUT2D eigenvalue weighted by Crippen LogP contribution is -2.49. The Morgan fingerprint density at radius 2 is 1.96 bits per heavy atom. The van der Waals surface area contributed by atoms with Crippen molar-refractivity contribution in [3.05, 3.63) is 34.9 Å². The number of ether oxygens (including phenoxy) is 1. The fourth-order valence-corrected chi connectivity index (χ4v) is 4.04. The summed E-state index contributed by atoms with van der Waals surface area (Å²) in [5, 5.41) is 14.8. The zero-order valence-corrected chi connectivity index (χ0v) is 14.6. The Morgan fingerprint density at radius 3 is 2.56 bits per heavy atom. The van der Waals surface area contributed by atoms with E-state index in [-0.39, 0.29) is 29.3 Å². The molecule has 1 aromatic rings. The molecule has 0 radical (unpaired) electrons. The number of alkyl halides is 2. The molecule has 0 spiro atoms. The smallest absolute Gasteiger partial charge is 0.343 e. The summed E-state index contributed by atoms with van der Waals surface area (Å²) in [5.41, 5.74) is -1.66. The van der Waals surface area contributed by atoms with Gasteiger partial charge in [-0.3, -0.25) is 0 Å². The van der Waals surface area contributed by atoms with Crippen molar-refractivity contribution in [2.75, 3.05) is 13.1 Å². The van der Waals surface area contributed by atoms with Crippen LogP contribution in [-0.4, -0.2) is 36.2 Å². The second-order valence-electron chi connectivity index (χ2n) is 6.90. The van der Waals surface area contributed by atoms with Crippen molar-refractivity contribution in [2.24, 2.45) is 5.92 Å². The van der Waals surface area contributed by atoms with Crippen LogP contribution in [0.1, 0.15) is 37.7 Å². The molecule has 2 aliphatic rings. The molecule has 2 atom stereocenters. The van der Waals surface area contributed by atoms with E-state index in [4.69, 9.17) is 16.3 Å². The molecule has 2 fully saturated rings. The first-order chi connectivity index (χ1) is 11.8. The maximum atomic E-state index is 13.4. The van der Waals surface area contributed by atoms with Gasteiger partial charge < -0.3 is 15.2 Å². The third-order valence-corrected chi connectivity index (χ3v) is 5.49. The standard InChI is InChI=1S/C18H22ClF2NO3/c19-15-4-2-1-3-14(15)18(24,12-6-9-22-10-7-12)16(23)25-13-5-8-17(20,21)11-13/h1-4,12-13,22,24H,5-11H2/t13-,18-/m1/s1. The normalized spacial score (nSPS) is 26.2. The average molecular weight is 374 g/mol. The summed E-state index contributed by atoms with van der Waals surface area (Å²) in [6.07, 6.45) is -0.441. The number of rotatable bonds is 4. The van der Waals surface area contributed by atoms with Crippen LogP contribution in [0.25, 0.3) is 0 Å². The van der Waals surface area contributed by atoms with E-state index in [1.807, 2.05) is 0 Å². The van der Waals surface area contributed by atoms with Gasteiger partial charge in [0.2, 0.25) is 0 Å². The Hall–Kier alpha value is -1.24. The van der Waals surface area contributed by atoms with Crippen LogP contribution in [0.3, 0.4) is 0 Å². The van der Waals surface area contributed by atoms with Gasteiger partial charge >= 0.3 is 5.97 Å². The molecule has 25 heavy (non-hydrogen) atoms. The fourth-order valence-electron chi connectivity index (χ4n) is 3.76.